The molecule has 1 fully saturated rings. The van der Waals surface area contributed by atoms with Gasteiger partial charge in [0.05, 0.1) is 5.92 Å². The Kier molecular flexibility index (Phi) is 5.77. The summed E-state index contributed by atoms with van der Waals surface area (Å²) in [5.74, 6) is -0.181. The van der Waals surface area contributed by atoms with Crippen LogP contribution in [0.1, 0.15) is 23.1 Å². The van der Waals surface area contributed by atoms with Gasteiger partial charge in [-0.2, -0.15) is 0 Å². The van der Waals surface area contributed by atoms with Gasteiger partial charge in [0, 0.05) is 37.6 Å². The average molecular weight is 415 g/mol. The number of nitrogens with zero attached hydrogens (tertiary/aromatic N) is 2. The Labute approximate surface area is 162 Å². The zero-order valence-electron chi connectivity index (χ0n) is 15.1. The molecule has 1 atom stereocenters. The smallest absolute Gasteiger partial charge is 0.228 e. The van der Waals surface area contributed by atoms with Crippen LogP contribution >= 0.6 is 15.9 Å². The summed E-state index contributed by atoms with van der Waals surface area (Å²) < 4.78 is 0.989. The van der Waals surface area contributed by atoms with E-state index in [-0.39, 0.29) is 17.7 Å². The highest BCUT2D eigenvalue weighted by Crippen LogP contribution is 2.24. The minimum atomic E-state index is -0.263. The molecule has 136 valence electrons. The van der Waals surface area contributed by atoms with E-state index in [0.29, 0.717) is 26.1 Å². The second-order valence-electron chi connectivity index (χ2n) is 6.95. The molecule has 1 heterocycles. The van der Waals surface area contributed by atoms with E-state index in [1.807, 2.05) is 55.5 Å². The van der Waals surface area contributed by atoms with Gasteiger partial charge < -0.3 is 9.80 Å². The van der Waals surface area contributed by atoms with Gasteiger partial charge in [-0.15, -0.1) is 0 Å². The summed E-state index contributed by atoms with van der Waals surface area (Å²) >= 11 is 3.52. The molecule has 0 spiro atoms. The number of hydrogen-bond donors (Lipinski definition) is 0. The predicted molar refractivity (Wildman–Crippen MR) is 105 cm³/mol. The minimum Gasteiger partial charge on any atom is -0.341 e. The van der Waals surface area contributed by atoms with Crippen LogP contribution in [0.3, 0.4) is 0 Å². The molecule has 4 nitrogen and oxygen atoms in total. The summed E-state index contributed by atoms with van der Waals surface area (Å²) in [7, 11) is 1.80. The Morgan fingerprint density at radius 3 is 2.58 bits per heavy atom. The van der Waals surface area contributed by atoms with Gasteiger partial charge in [0.25, 0.3) is 0 Å². The van der Waals surface area contributed by atoms with Crippen LogP contribution in [0.25, 0.3) is 0 Å². The van der Waals surface area contributed by atoms with Crippen molar-refractivity contribution in [3.8, 4) is 0 Å². The molecule has 3 rings (SSSR count). The van der Waals surface area contributed by atoms with Crippen molar-refractivity contribution < 1.29 is 9.59 Å². The third kappa shape index (κ3) is 4.33. The normalized spacial score (nSPS) is 16.8. The SMILES string of the molecule is Cc1ccc(CN2CC(C(=O)N(C)Cc3ccccc3Br)CC2=O)cc1. The molecule has 1 aliphatic heterocycles. The van der Waals surface area contributed by atoms with Crippen molar-refractivity contribution in [2.24, 2.45) is 5.92 Å². The summed E-state index contributed by atoms with van der Waals surface area (Å²) in [6, 6.07) is 16.0. The Hall–Kier alpha value is -2.14. The van der Waals surface area contributed by atoms with Gasteiger partial charge in [0.15, 0.2) is 0 Å². The molecule has 0 N–H and O–H groups in total. The molecule has 2 amide bonds. The number of carbonyl (C=O) groups excluding carboxylic acids is 2. The van der Waals surface area contributed by atoms with Crippen LogP contribution in [0.4, 0.5) is 0 Å². The maximum Gasteiger partial charge on any atom is 0.228 e. The Bertz CT molecular complexity index is 804. The standard InChI is InChI=1S/C21H23BrN2O2/c1-15-7-9-16(10-8-15)12-24-14-18(11-20(24)25)21(26)23(2)13-17-5-3-4-6-19(17)22/h3-10,18H,11-14H2,1-2H3. The van der Waals surface area contributed by atoms with Crippen LogP contribution < -0.4 is 0 Å². The van der Waals surface area contributed by atoms with Crippen molar-refractivity contribution in [1.82, 2.24) is 9.80 Å². The molecule has 0 aromatic heterocycles. The largest absolute Gasteiger partial charge is 0.341 e. The molecular formula is C21H23BrN2O2. The lowest BCUT2D eigenvalue weighted by molar-refractivity contribution is -0.135. The lowest BCUT2D eigenvalue weighted by atomic mass is 10.1. The quantitative estimate of drug-likeness (QED) is 0.746. The van der Waals surface area contributed by atoms with Crippen molar-refractivity contribution >= 4 is 27.7 Å². The van der Waals surface area contributed by atoms with Crippen molar-refractivity contribution in [2.45, 2.75) is 26.4 Å². The number of benzene rings is 2. The topological polar surface area (TPSA) is 40.6 Å². The van der Waals surface area contributed by atoms with Crippen LogP contribution in [0, 0.1) is 12.8 Å². The summed E-state index contributed by atoms with van der Waals surface area (Å²) in [6.07, 6.45) is 0.297. The van der Waals surface area contributed by atoms with Gasteiger partial charge in [0.1, 0.15) is 0 Å². The molecule has 0 radical (unpaired) electrons. The first kappa shape index (κ1) is 18.6. The first-order chi connectivity index (χ1) is 12.4. The van der Waals surface area contributed by atoms with Gasteiger partial charge in [0.2, 0.25) is 11.8 Å². The van der Waals surface area contributed by atoms with Gasteiger partial charge in [-0.1, -0.05) is 64.0 Å². The van der Waals surface area contributed by atoms with Gasteiger partial charge in [-0.25, -0.2) is 0 Å². The van der Waals surface area contributed by atoms with Gasteiger partial charge in [-0.05, 0) is 24.1 Å². The number of rotatable bonds is 5. The van der Waals surface area contributed by atoms with E-state index >= 15 is 0 Å². The van der Waals surface area contributed by atoms with Crippen molar-refractivity contribution in [3.63, 3.8) is 0 Å². The molecule has 1 unspecified atom stereocenters. The lowest BCUT2D eigenvalue weighted by Crippen LogP contribution is -2.34. The highest BCUT2D eigenvalue weighted by molar-refractivity contribution is 9.10. The Morgan fingerprint density at radius 1 is 1.19 bits per heavy atom. The van der Waals surface area contributed by atoms with E-state index in [1.165, 1.54) is 5.56 Å². The molecular weight excluding hydrogens is 392 g/mol. The molecule has 1 aliphatic rings. The fourth-order valence-corrected chi connectivity index (χ4v) is 3.69. The van der Waals surface area contributed by atoms with E-state index < -0.39 is 0 Å². The Morgan fingerprint density at radius 2 is 1.88 bits per heavy atom. The van der Waals surface area contributed by atoms with Gasteiger partial charge >= 0.3 is 0 Å². The molecule has 0 saturated carbocycles. The molecule has 1 saturated heterocycles. The zero-order valence-corrected chi connectivity index (χ0v) is 16.7. The third-order valence-corrected chi connectivity index (χ3v) is 5.57. The van der Waals surface area contributed by atoms with E-state index in [9.17, 15) is 9.59 Å². The summed E-state index contributed by atoms with van der Waals surface area (Å²) in [6.45, 7) is 3.63. The number of likely N-dealkylation sites (tertiary alicyclic amines) is 1. The van der Waals surface area contributed by atoms with E-state index in [2.05, 4.69) is 15.9 Å². The Balaban J connectivity index is 1.61. The monoisotopic (exact) mass is 414 g/mol. The molecule has 2 aromatic carbocycles. The maximum atomic E-state index is 12.8. The molecule has 5 heteroatoms. The summed E-state index contributed by atoms with van der Waals surface area (Å²) in [5.41, 5.74) is 3.35. The van der Waals surface area contributed by atoms with Crippen LogP contribution in [0.2, 0.25) is 0 Å². The fraction of sp³-hybridized carbons (Fsp3) is 0.333. The number of halogens is 1. The summed E-state index contributed by atoms with van der Waals surface area (Å²) in [5, 5.41) is 0. The van der Waals surface area contributed by atoms with E-state index in [1.54, 1.807) is 16.8 Å². The van der Waals surface area contributed by atoms with Crippen LogP contribution in [-0.2, 0) is 22.7 Å². The van der Waals surface area contributed by atoms with Crippen molar-refractivity contribution in [2.75, 3.05) is 13.6 Å². The second kappa shape index (κ2) is 8.04. The minimum absolute atomic E-state index is 0.0282. The van der Waals surface area contributed by atoms with Crippen LogP contribution in [0.5, 0.6) is 0 Å². The van der Waals surface area contributed by atoms with Crippen molar-refractivity contribution in [3.05, 3.63) is 69.7 Å². The molecule has 0 aliphatic carbocycles. The van der Waals surface area contributed by atoms with Crippen molar-refractivity contribution in [1.29, 1.82) is 0 Å². The highest BCUT2D eigenvalue weighted by Gasteiger charge is 2.35. The number of carbonyl (C=O) groups is 2. The molecule has 2 aromatic rings. The maximum absolute atomic E-state index is 12.8. The molecule has 0 bridgehead atoms. The predicted octanol–water partition coefficient (Wildman–Crippen LogP) is 3.76. The first-order valence-electron chi connectivity index (χ1n) is 8.75. The third-order valence-electron chi connectivity index (χ3n) is 4.80. The van der Waals surface area contributed by atoms with Gasteiger partial charge in [-0.3, -0.25) is 9.59 Å². The van der Waals surface area contributed by atoms with Crippen LogP contribution in [0.15, 0.2) is 53.0 Å². The lowest BCUT2D eigenvalue weighted by Gasteiger charge is -2.22. The fourth-order valence-electron chi connectivity index (χ4n) is 3.28. The van der Waals surface area contributed by atoms with Crippen LogP contribution in [-0.4, -0.2) is 35.2 Å². The number of hydrogen-bond acceptors (Lipinski definition) is 2. The molecule has 26 heavy (non-hydrogen) atoms. The summed E-state index contributed by atoms with van der Waals surface area (Å²) in [4.78, 5) is 28.6. The zero-order chi connectivity index (χ0) is 18.7. The number of amides is 2. The number of aryl methyl sites for hydroxylation is 1. The first-order valence-corrected chi connectivity index (χ1v) is 9.55. The highest BCUT2D eigenvalue weighted by atomic mass is 79.9. The van der Waals surface area contributed by atoms with E-state index in [0.717, 1.165) is 15.6 Å². The average Bonchev–Trinajstić information content (AvgIpc) is 2.99. The second-order valence-corrected chi connectivity index (χ2v) is 7.80. The van der Waals surface area contributed by atoms with E-state index in [4.69, 9.17) is 0 Å².